The molecular weight excluding hydrogens is 410 g/mol. The van der Waals surface area contributed by atoms with Gasteiger partial charge in [0.25, 0.3) is 5.91 Å². The van der Waals surface area contributed by atoms with Crippen LogP contribution in [0.1, 0.15) is 41.0 Å². The maximum Gasteiger partial charge on any atom is 0.277 e. The summed E-state index contributed by atoms with van der Waals surface area (Å²) in [6.07, 6.45) is 1.43. The van der Waals surface area contributed by atoms with Crippen molar-refractivity contribution in [3.63, 3.8) is 0 Å². The predicted molar refractivity (Wildman–Crippen MR) is 109 cm³/mol. The molecule has 0 radical (unpaired) electrons. The van der Waals surface area contributed by atoms with Gasteiger partial charge in [0.2, 0.25) is 0 Å². The summed E-state index contributed by atoms with van der Waals surface area (Å²) >= 11 is 7.40. The number of thiazole rings is 1. The maximum absolute atomic E-state index is 13.1. The molecule has 0 fully saturated rings. The zero-order valence-electron chi connectivity index (χ0n) is 14.8. The summed E-state index contributed by atoms with van der Waals surface area (Å²) in [6.45, 7) is 5.76. The fraction of sp³-hybridized carbons (Fsp3) is 0.222. The van der Waals surface area contributed by atoms with Crippen molar-refractivity contribution in [2.75, 3.05) is 5.32 Å². The zero-order chi connectivity index (χ0) is 18.8. The number of halogens is 3. The molecule has 0 spiro atoms. The Hall–Kier alpha value is -2.09. The van der Waals surface area contributed by atoms with E-state index in [1.165, 1.54) is 29.7 Å². The minimum atomic E-state index is -0.446. The van der Waals surface area contributed by atoms with Gasteiger partial charge >= 0.3 is 0 Å². The lowest BCUT2D eigenvalue weighted by molar-refractivity contribution is 0.102. The van der Waals surface area contributed by atoms with E-state index < -0.39 is 5.91 Å². The van der Waals surface area contributed by atoms with Gasteiger partial charge in [-0.2, -0.15) is 0 Å². The number of nitrogens with one attached hydrogen (secondary N) is 1. The second-order valence-corrected chi connectivity index (χ2v) is 7.57. The largest absolute Gasteiger partial charge is 0.296 e. The average Bonchev–Trinajstić information content (AvgIpc) is 2.96. The van der Waals surface area contributed by atoms with E-state index in [0.717, 1.165) is 10.4 Å². The van der Waals surface area contributed by atoms with Gasteiger partial charge in [0.05, 0.1) is 16.9 Å². The van der Waals surface area contributed by atoms with Gasteiger partial charge in [-0.25, -0.2) is 19.3 Å². The Bertz CT molecular complexity index is 960. The second-order valence-electron chi connectivity index (χ2n) is 5.96. The number of rotatable bonds is 4. The normalized spacial score (nSPS) is 10.6. The van der Waals surface area contributed by atoms with Gasteiger partial charge in [0.15, 0.2) is 10.8 Å². The minimum Gasteiger partial charge on any atom is -0.296 e. The summed E-state index contributed by atoms with van der Waals surface area (Å²) in [7, 11) is 0. The summed E-state index contributed by atoms with van der Waals surface area (Å²) < 4.78 is 13.1. The van der Waals surface area contributed by atoms with Crippen LogP contribution in [-0.2, 0) is 0 Å². The van der Waals surface area contributed by atoms with E-state index in [1.807, 2.05) is 20.8 Å². The molecule has 0 aliphatic heterocycles. The van der Waals surface area contributed by atoms with Crippen LogP contribution < -0.4 is 5.32 Å². The lowest BCUT2D eigenvalue weighted by Crippen LogP contribution is -2.16. The number of nitrogens with zero attached hydrogens (tertiary/aromatic N) is 3. The Morgan fingerprint density at radius 2 is 1.89 bits per heavy atom. The smallest absolute Gasteiger partial charge is 0.277 e. The van der Waals surface area contributed by atoms with Gasteiger partial charge in [0.1, 0.15) is 11.6 Å². The Labute approximate surface area is 171 Å². The lowest BCUT2D eigenvalue weighted by atomic mass is 10.1. The Morgan fingerprint density at radius 3 is 2.52 bits per heavy atom. The first-order chi connectivity index (χ1) is 12.3. The third-order valence-corrected chi connectivity index (χ3v) is 4.79. The number of aryl methyl sites for hydroxylation is 1. The van der Waals surface area contributed by atoms with Gasteiger partial charge in [-0.05, 0) is 31.2 Å². The molecule has 3 aromatic rings. The molecule has 1 N–H and O–H groups in total. The molecule has 0 aliphatic rings. The molecule has 3 rings (SSSR count). The Balaban J connectivity index is 0.00000261. The van der Waals surface area contributed by atoms with Crippen LogP contribution in [0.4, 0.5) is 9.52 Å². The number of hydrogen-bond donors (Lipinski definition) is 1. The number of amides is 1. The highest BCUT2D eigenvalue weighted by Crippen LogP contribution is 2.31. The molecule has 0 aliphatic carbocycles. The van der Waals surface area contributed by atoms with Gasteiger partial charge in [-0.15, -0.1) is 23.7 Å². The van der Waals surface area contributed by atoms with E-state index in [4.69, 9.17) is 11.6 Å². The van der Waals surface area contributed by atoms with Crippen LogP contribution in [0.5, 0.6) is 0 Å². The zero-order valence-corrected chi connectivity index (χ0v) is 17.2. The summed E-state index contributed by atoms with van der Waals surface area (Å²) in [5.74, 6) is -0.138. The highest BCUT2D eigenvalue weighted by molar-refractivity contribution is 7.16. The monoisotopic (exact) mass is 426 g/mol. The van der Waals surface area contributed by atoms with E-state index in [-0.39, 0.29) is 34.9 Å². The SMILES string of the molecule is Cc1sc(NC(=O)c2nc(C(C)C)ncc2Cl)nc1-c1ccc(F)cc1.Cl. The van der Waals surface area contributed by atoms with Crippen LogP contribution in [-0.4, -0.2) is 20.9 Å². The summed E-state index contributed by atoms with van der Waals surface area (Å²) in [6, 6.07) is 6.05. The first-order valence-electron chi connectivity index (χ1n) is 7.92. The van der Waals surface area contributed by atoms with Crippen molar-refractivity contribution >= 4 is 46.4 Å². The van der Waals surface area contributed by atoms with Crippen molar-refractivity contribution in [2.45, 2.75) is 26.7 Å². The van der Waals surface area contributed by atoms with Crippen molar-refractivity contribution in [2.24, 2.45) is 0 Å². The molecular formula is C18H17Cl2FN4OS. The highest BCUT2D eigenvalue weighted by Gasteiger charge is 2.18. The van der Waals surface area contributed by atoms with Gasteiger partial charge in [-0.1, -0.05) is 25.4 Å². The molecule has 1 amide bonds. The van der Waals surface area contributed by atoms with Gasteiger partial charge in [0, 0.05) is 16.4 Å². The maximum atomic E-state index is 13.1. The van der Waals surface area contributed by atoms with E-state index in [1.54, 1.807) is 12.1 Å². The minimum absolute atomic E-state index is 0. The number of anilines is 1. The van der Waals surface area contributed by atoms with Crippen LogP contribution in [0.3, 0.4) is 0 Å². The first-order valence-corrected chi connectivity index (χ1v) is 9.11. The number of benzene rings is 1. The van der Waals surface area contributed by atoms with E-state index >= 15 is 0 Å². The predicted octanol–water partition coefficient (Wildman–Crippen LogP) is 5.50. The molecule has 9 heteroatoms. The van der Waals surface area contributed by atoms with E-state index in [2.05, 4.69) is 20.3 Å². The van der Waals surface area contributed by atoms with Crippen LogP contribution in [0, 0.1) is 12.7 Å². The quantitative estimate of drug-likeness (QED) is 0.597. The molecule has 142 valence electrons. The van der Waals surface area contributed by atoms with E-state index in [9.17, 15) is 9.18 Å². The molecule has 0 bridgehead atoms. The molecule has 2 aromatic heterocycles. The summed E-state index contributed by atoms with van der Waals surface area (Å²) in [5.41, 5.74) is 1.59. The average molecular weight is 427 g/mol. The van der Waals surface area contributed by atoms with Gasteiger partial charge in [-0.3, -0.25) is 10.1 Å². The van der Waals surface area contributed by atoms with Crippen molar-refractivity contribution in [3.05, 3.63) is 57.7 Å². The molecule has 0 saturated carbocycles. The molecule has 0 unspecified atom stereocenters. The Morgan fingerprint density at radius 1 is 1.22 bits per heavy atom. The van der Waals surface area contributed by atoms with Crippen molar-refractivity contribution in [3.8, 4) is 11.3 Å². The molecule has 0 atom stereocenters. The lowest BCUT2D eigenvalue weighted by Gasteiger charge is -2.07. The molecule has 27 heavy (non-hydrogen) atoms. The fourth-order valence-corrected chi connectivity index (χ4v) is 3.31. The van der Waals surface area contributed by atoms with Gasteiger partial charge < -0.3 is 0 Å². The van der Waals surface area contributed by atoms with Crippen LogP contribution in [0.25, 0.3) is 11.3 Å². The van der Waals surface area contributed by atoms with E-state index in [0.29, 0.717) is 16.6 Å². The Kier molecular flexibility index (Phi) is 6.86. The number of aromatic nitrogens is 3. The standard InChI is InChI=1S/C18H16ClFN4OS.ClH/c1-9(2)16-21-8-13(19)15(22-16)17(25)24-18-23-14(10(3)26-18)11-4-6-12(20)7-5-11;/h4-9H,1-3H3,(H,23,24,25);1H. The number of carbonyl (C=O) groups is 1. The topological polar surface area (TPSA) is 67.8 Å². The summed E-state index contributed by atoms with van der Waals surface area (Å²) in [4.78, 5) is 26.3. The first kappa shape index (κ1) is 21.2. The van der Waals surface area contributed by atoms with Crippen LogP contribution in [0.2, 0.25) is 5.02 Å². The second kappa shape index (κ2) is 8.73. The van der Waals surface area contributed by atoms with Crippen molar-refractivity contribution in [1.29, 1.82) is 0 Å². The van der Waals surface area contributed by atoms with Crippen LogP contribution in [0.15, 0.2) is 30.5 Å². The third kappa shape index (κ3) is 4.80. The molecule has 0 saturated heterocycles. The fourth-order valence-electron chi connectivity index (χ4n) is 2.30. The number of carbonyl (C=O) groups excluding carboxylic acids is 1. The molecule has 1 aromatic carbocycles. The summed E-state index contributed by atoms with van der Waals surface area (Å²) in [5, 5.41) is 3.33. The van der Waals surface area contributed by atoms with Crippen LogP contribution >= 0.6 is 35.3 Å². The van der Waals surface area contributed by atoms with Crippen molar-refractivity contribution < 1.29 is 9.18 Å². The van der Waals surface area contributed by atoms with Crippen molar-refractivity contribution in [1.82, 2.24) is 15.0 Å². The molecule has 5 nitrogen and oxygen atoms in total. The highest BCUT2D eigenvalue weighted by atomic mass is 35.5. The number of hydrogen-bond acceptors (Lipinski definition) is 5. The third-order valence-electron chi connectivity index (χ3n) is 3.63. The molecule has 2 heterocycles.